The van der Waals surface area contributed by atoms with E-state index < -0.39 is 0 Å². The van der Waals surface area contributed by atoms with Gasteiger partial charge in [-0.2, -0.15) is 5.26 Å². The molecule has 8 heteroatoms. The second-order valence-electron chi connectivity index (χ2n) is 4.21. The van der Waals surface area contributed by atoms with Crippen LogP contribution < -0.4 is 5.32 Å². The number of nitriles is 1. The van der Waals surface area contributed by atoms with Crippen molar-refractivity contribution < 1.29 is 4.79 Å². The molecule has 114 valence electrons. The van der Waals surface area contributed by atoms with Crippen molar-refractivity contribution in [2.45, 2.75) is 22.0 Å². The van der Waals surface area contributed by atoms with E-state index in [1.165, 1.54) is 23.1 Å². The number of hydrogen-bond acceptors (Lipinski definition) is 7. The van der Waals surface area contributed by atoms with Crippen LogP contribution in [0.1, 0.15) is 18.9 Å². The molecule has 0 saturated carbocycles. The molecule has 1 aromatic carbocycles. The van der Waals surface area contributed by atoms with E-state index in [9.17, 15) is 4.79 Å². The number of nitrogens with one attached hydrogen (secondary N) is 1. The minimum absolute atomic E-state index is 0.127. The SMILES string of the molecule is CCCSc1nnc(SCC(=O)Nc2cccc(C#N)c2)s1. The molecular formula is C14H14N4OS3. The molecule has 1 heterocycles. The van der Waals surface area contributed by atoms with Crippen molar-refractivity contribution in [3.05, 3.63) is 29.8 Å². The molecule has 1 N–H and O–H groups in total. The van der Waals surface area contributed by atoms with Crippen molar-refractivity contribution in [2.75, 3.05) is 16.8 Å². The van der Waals surface area contributed by atoms with Gasteiger partial charge in [0, 0.05) is 11.4 Å². The van der Waals surface area contributed by atoms with Gasteiger partial charge in [0.2, 0.25) is 5.91 Å². The van der Waals surface area contributed by atoms with Gasteiger partial charge in [0.05, 0.1) is 17.4 Å². The molecule has 2 rings (SSSR count). The van der Waals surface area contributed by atoms with E-state index in [0.29, 0.717) is 11.3 Å². The largest absolute Gasteiger partial charge is 0.325 e. The Hall–Kier alpha value is -1.56. The smallest absolute Gasteiger partial charge is 0.234 e. The second kappa shape index (κ2) is 8.78. The standard InChI is InChI=1S/C14H14N4OS3/c1-2-6-20-13-17-18-14(22-13)21-9-12(19)16-11-5-3-4-10(7-11)8-15/h3-5,7H,2,6,9H2,1H3,(H,16,19). The van der Waals surface area contributed by atoms with Gasteiger partial charge in [0.25, 0.3) is 0 Å². The zero-order valence-corrected chi connectivity index (χ0v) is 14.4. The number of amides is 1. The first-order chi connectivity index (χ1) is 10.7. The molecule has 0 bridgehead atoms. The summed E-state index contributed by atoms with van der Waals surface area (Å²) in [6.45, 7) is 2.12. The molecular weight excluding hydrogens is 336 g/mol. The summed E-state index contributed by atoms with van der Waals surface area (Å²) in [5, 5.41) is 19.7. The van der Waals surface area contributed by atoms with Crippen LogP contribution in [0.2, 0.25) is 0 Å². The zero-order valence-electron chi connectivity index (χ0n) is 11.9. The summed E-state index contributed by atoms with van der Waals surface area (Å²) in [6.07, 6.45) is 1.09. The van der Waals surface area contributed by atoms with E-state index >= 15 is 0 Å². The highest BCUT2D eigenvalue weighted by atomic mass is 32.2. The van der Waals surface area contributed by atoms with E-state index in [2.05, 4.69) is 22.4 Å². The average Bonchev–Trinajstić information content (AvgIpc) is 2.99. The number of aromatic nitrogens is 2. The third kappa shape index (κ3) is 5.33. The van der Waals surface area contributed by atoms with Crippen molar-refractivity contribution in [3.8, 4) is 6.07 Å². The van der Waals surface area contributed by atoms with Crippen LogP contribution in [0.4, 0.5) is 5.69 Å². The molecule has 0 saturated heterocycles. The molecule has 5 nitrogen and oxygen atoms in total. The molecule has 2 aromatic rings. The van der Waals surface area contributed by atoms with Gasteiger partial charge < -0.3 is 5.32 Å². The number of rotatable bonds is 7. The summed E-state index contributed by atoms with van der Waals surface area (Å²) < 4.78 is 1.73. The summed E-state index contributed by atoms with van der Waals surface area (Å²) in [4.78, 5) is 11.9. The minimum Gasteiger partial charge on any atom is -0.325 e. The van der Waals surface area contributed by atoms with E-state index in [1.807, 2.05) is 6.07 Å². The third-order valence-corrected chi connectivity index (χ3v) is 5.82. The van der Waals surface area contributed by atoms with Crippen molar-refractivity contribution in [3.63, 3.8) is 0 Å². The third-order valence-electron chi connectivity index (χ3n) is 2.42. The predicted molar refractivity (Wildman–Crippen MR) is 91.4 cm³/mol. The molecule has 0 aliphatic heterocycles. The van der Waals surface area contributed by atoms with E-state index in [-0.39, 0.29) is 11.7 Å². The fourth-order valence-corrected chi connectivity index (χ4v) is 4.24. The summed E-state index contributed by atoms with van der Waals surface area (Å²) >= 11 is 4.56. The molecule has 1 aromatic heterocycles. The van der Waals surface area contributed by atoms with Gasteiger partial charge in [-0.25, -0.2) is 0 Å². The lowest BCUT2D eigenvalue weighted by atomic mass is 10.2. The quantitative estimate of drug-likeness (QED) is 0.768. The van der Waals surface area contributed by atoms with E-state index in [1.54, 1.807) is 36.0 Å². The highest BCUT2D eigenvalue weighted by molar-refractivity contribution is 8.03. The molecule has 0 atom stereocenters. The highest BCUT2D eigenvalue weighted by Crippen LogP contribution is 2.29. The Morgan fingerprint density at radius 2 is 2.14 bits per heavy atom. The second-order valence-corrected chi connectivity index (χ2v) is 7.75. The Morgan fingerprint density at radius 1 is 1.36 bits per heavy atom. The van der Waals surface area contributed by atoms with Crippen molar-refractivity contribution in [1.82, 2.24) is 10.2 Å². The van der Waals surface area contributed by atoms with Crippen LogP contribution in [0.15, 0.2) is 32.9 Å². The van der Waals surface area contributed by atoms with Gasteiger partial charge in [-0.05, 0) is 24.6 Å². The summed E-state index contributed by atoms with van der Waals surface area (Å²) in [6, 6.07) is 8.88. The number of thioether (sulfide) groups is 2. The van der Waals surface area contributed by atoms with Crippen LogP contribution in [-0.2, 0) is 4.79 Å². The van der Waals surface area contributed by atoms with E-state index in [0.717, 1.165) is 20.9 Å². The fourth-order valence-electron chi connectivity index (χ4n) is 1.49. The van der Waals surface area contributed by atoms with Crippen LogP contribution in [0.5, 0.6) is 0 Å². The molecule has 0 aliphatic rings. The number of hydrogen-bond donors (Lipinski definition) is 1. The first-order valence-corrected chi connectivity index (χ1v) is 9.39. The van der Waals surface area contributed by atoms with Crippen LogP contribution in [0.3, 0.4) is 0 Å². The summed E-state index contributed by atoms with van der Waals surface area (Å²) in [5.41, 5.74) is 1.15. The zero-order chi connectivity index (χ0) is 15.8. The van der Waals surface area contributed by atoms with Crippen LogP contribution in [-0.4, -0.2) is 27.6 Å². The Morgan fingerprint density at radius 3 is 2.86 bits per heavy atom. The van der Waals surface area contributed by atoms with Crippen molar-refractivity contribution in [1.29, 1.82) is 5.26 Å². The number of anilines is 1. The van der Waals surface area contributed by atoms with Crippen LogP contribution in [0, 0.1) is 11.3 Å². The minimum atomic E-state index is -0.127. The maximum absolute atomic E-state index is 11.9. The van der Waals surface area contributed by atoms with Gasteiger partial charge in [-0.3, -0.25) is 4.79 Å². The molecule has 0 unspecified atom stereocenters. The van der Waals surface area contributed by atoms with Gasteiger partial charge in [0.1, 0.15) is 0 Å². The molecule has 0 radical (unpaired) electrons. The maximum atomic E-state index is 11.9. The first-order valence-electron chi connectivity index (χ1n) is 6.60. The topological polar surface area (TPSA) is 78.7 Å². The molecule has 1 amide bonds. The van der Waals surface area contributed by atoms with Crippen LogP contribution >= 0.6 is 34.9 Å². The number of benzene rings is 1. The number of carbonyl (C=O) groups is 1. The van der Waals surface area contributed by atoms with Gasteiger partial charge in [-0.1, -0.05) is 47.9 Å². The maximum Gasteiger partial charge on any atom is 0.234 e. The lowest BCUT2D eigenvalue weighted by molar-refractivity contribution is -0.113. The Balaban J connectivity index is 1.82. The first kappa shape index (κ1) is 16.8. The molecule has 0 aliphatic carbocycles. The molecule has 22 heavy (non-hydrogen) atoms. The molecule has 0 spiro atoms. The lowest BCUT2D eigenvalue weighted by Gasteiger charge is -2.03. The summed E-state index contributed by atoms with van der Waals surface area (Å²) in [5.74, 6) is 1.16. The fraction of sp³-hybridized carbons (Fsp3) is 0.286. The van der Waals surface area contributed by atoms with Gasteiger partial charge in [-0.15, -0.1) is 10.2 Å². The Labute approximate surface area is 141 Å². The Bertz CT molecular complexity index is 681. The van der Waals surface area contributed by atoms with Crippen molar-refractivity contribution in [2.24, 2.45) is 0 Å². The summed E-state index contributed by atoms with van der Waals surface area (Å²) in [7, 11) is 0. The van der Waals surface area contributed by atoms with Crippen molar-refractivity contribution >= 4 is 46.5 Å². The predicted octanol–water partition coefficient (Wildman–Crippen LogP) is 3.64. The number of carbonyl (C=O) groups excluding carboxylic acids is 1. The lowest BCUT2D eigenvalue weighted by Crippen LogP contribution is -2.13. The Kier molecular flexibility index (Phi) is 6.71. The van der Waals surface area contributed by atoms with Gasteiger partial charge >= 0.3 is 0 Å². The van der Waals surface area contributed by atoms with Crippen LogP contribution in [0.25, 0.3) is 0 Å². The van der Waals surface area contributed by atoms with Gasteiger partial charge in [0.15, 0.2) is 8.68 Å². The molecule has 0 fully saturated rings. The normalized spacial score (nSPS) is 10.2. The monoisotopic (exact) mass is 350 g/mol. The van der Waals surface area contributed by atoms with E-state index in [4.69, 9.17) is 5.26 Å². The number of nitrogens with zero attached hydrogens (tertiary/aromatic N) is 3. The highest BCUT2D eigenvalue weighted by Gasteiger charge is 2.09. The average molecular weight is 350 g/mol.